The fourth-order valence-electron chi connectivity index (χ4n) is 2.77. The summed E-state index contributed by atoms with van der Waals surface area (Å²) in [6.45, 7) is 6.65. The van der Waals surface area contributed by atoms with Gasteiger partial charge in [-0.25, -0.2) is 9.78 Å². The maximum Gasteiger partial charge on any atom is 0.410 e. The minimum atomic E-state index is -0.549. The van der Waals surface area contributed by atoms with Crippen LogP contribution >= 0.6 is 0 Å². The van der Waals surface area contributed by atoms with Crippen molar-refractivity contribution < 1.29 is 19.7 Å². The molecule has 2 unspecified atom stereocenters. The Morgan fingerprint density at radius 2 is 2.22 bits per heavy atom. The average Bonchev–Trinajstić information content (AvgIpc) is 3.00. The monoisotopic (exact) mass is 326 g/mol. The molecule has 0 radical (unpaired) electrons. The van der Waals surface area contributed by atoms with Crippen molar-refractivity contribution in [1.29, 1.82) is 0 Å². The highest BCUT2D eigenvalue weighted by Gasteiger charge is 2.35. The molecule has 0 spiro atoms. The number of carbonyl (C=O) groups is 1. The second-order valence-corrected chi connectivity index (χ2v) is 6.71. The van der Waals surface area contributed by atoms with E-state index in [1.807, 2.05) is 25.7 Å². The highest BCUT2D eigenvalue weighted by Crippen LogP contribution is 2.24. The van der Waals surface area contributed by atoms with E-state index in [0.717, 1.165) is 5.69 Å². The second-order valence-electron chi connectivity index (χ2n) is 6.71. The molecule has 0 saturated carbocycles. The van der Waals surface area contributed by atoms with Gasteiger partial charge in [-0.3, -0.25) is 4.90 Å². The molecule has 0 aliphatic carbocycles. The average molecular weight is 326 g/mol. The first kappa shape index (κ1) is 17.7. The van der Waals surface area contributed by atoms with Gasteiger partial charge < -0.3 is 24.8 Å². The summed E-state index contributed by atoms with van der Waals surface area (Å²) in [5, 5.41) is 19.4. The van der Waals surface area contributed by atoms with E-state index < -0.39 is 5.60 Å². The van der Waals surface area contributed by atoms with Crippen LogP contribution in [0.15, 0.2) is 12.5 Å². The van der Waals surface area contributed by atoms with Gasteiger partial charge >= 0.3 is 6.09 Å². The molecule has 2 rings (SSSR count). The van der Waals surface area contributed by atoms with Crippen molar-refractivity contribution in [2.24, 2.45) is 0 Å². The first-order valence-corrected chi connectivity index (χ1v) is 7.79. The number of carbonyl (C=O) groups excluding carboxylic acids is 1. The summed E-state index contributed by atoms with van der Waals surface area (Å²) in [5.41, 5.74) is 0.239. The second kappa shape index (κ2) is 7.29. The molecule has 1 amide bonds. The van der Waals surface area contributed by atoms with Gasteiger partial charge in [0.05, 0.1) is 37.3 Å². The summed E-state index contributed by atoms with van der Waals surface area (Å²) < 4.78 is 5.39. The van der Waals surface area contributed by atoms with Crippen molar-refractivity contribution in [1.82, 2.24) is 19.8 Å². The van der Waals surface area contributed by atoms with E-state index in [4.69, 9.17) is 4.74 Å². The molecule has 1 saturated heterocycles. The van der Waals surface area contributed by atoms with Crippen LogP contribution in [-0.4, -0.2) is 80.6 Å². The first-order chi connectivity index (χ1) is 10.9. The number of piperazine rings is 1. The Kier molecular flexibility index (Phi) is 5.61. The molecule has 1 fully saturated rings. The summed E-state index contributed by atoms with van der Waals surface area (Å²) in [7, 11) is 0. The molecular formula is C15H26N4O4. The molecule has 8 heteroatoms. The molecule has 8 nitrogen and oxygen atoms in total. The predicted molar refractivity (Wildman–Crippen MR) is 83.8 cm³/mol. The van der Waals surface area contributed by atoms with Crippen LogP contribution in [-0.2, 0) is 4.74 Å². The maximum atomic E-state index is 12.2. The van der Waals surface area contributed by atoms with Crippen LogP contribution in [0.2, 0.25) is 0 Å². The molecule has 3 N–H and O–H groups in total. The molecule has 0 bridgehead atoms. The van der Waals surface area contributed by atoms with E-state index in [0.29, 0.717) is 19.6 Å². The fraction of sp³-hybridized carbons (Fsp3) is 0.733. The number of imidazole rings is 1. The number of aliphatic hydroxyl groups excluding tert-OH is 2. The van der Waals surface area contributed by atoms with Crippen LogP contribution < -0.4 is 0 Å². The van der Waals surface area contributed by atoms with E-state index in [1.165, 1.54) is 0 Å². The van der Waals surface area contributed by atoms with Crippen LogP contribution in [0.1, 0.15) is 32.5 Å². The highest BCUT2D eigenvalue weighted by molar-refractivity contribution is 5.68. The minimum absolute atomic E-state index is 0.0921. The lowest BCUT2D eigenvalue weighted by atomic mass is 10.1. The highest BCUT2D eigenvalue weighted by atomic mass is 16.6. The van der Waals surface area contributed by atoms with E-state index in [2.05, 4.69) is 9.97 Å². The van der Waals surface area contributed by atoms with Gasteiger partial charge in [0.1, 0.15) is 5.60 Å². The molecule has 1 aliphatic rings. The Morgan fingerprint density at radius 1 is 1.48 bits per heavy atom. The number of hydrogen-bond donors (Lipinski definition) is 3. The quantitative estimate of drug-likeness (QED) is 0.738. The summed E-state index contributed by atoms with van der Waals surface area (Å²) in [4.78, 5) is 22.8. The van der Waals surface area contributed by atoms with Crippen molar-refractivity contribution in [2.75, 3.05) is 32.8 Å². The Balaban J connectivity index is 2.05. The Bertz CT molecular complexity index is 500. The van der Waals surface area contributed by atoms with Crippen molar-refractivity contribution in [3.05, 3.63) is 18.2 Å². The Labute approximate surface area is 136 Å². The summed E-state index contributed by atoms with van der Waals surface area (Å²) >= 11 is 0. The molecule has 1 aromatic heterocycles. The normalized spacial score (nSPS) is 21.3. The zero-order chi connectivity index (χ0) is 17.0. The lowest BCUT2D eigenvalue weighted by Crippen LogP contribution is -2.58. The summed E-state index contributed by atoms with van der Waals surface area (Å²) in [5.74, 6) is 0. The van der Waals surface area contributed by atoms with Crippen LogP contribution in [0.3, 0.4) is 0 Å². The van der Waals surface area contributed by atoms with Crippen LogP contribution in [0, 0.1) is 0 Å². The number of aliphatic hydroxyl groups is 2. The SMILES string of the molecule is CC(C)(C)OC(=O)N1CCN(C(CO)c2cnc[nH]2)C(CO)C1. The van der Waals surface area contributed by atoms with Gasteiger partial charge in [0, 0.05) is 25.8 Å². The van der Waals surface area contributed by atoms with E-state index in [1.54, 1.807) is 17.4 Å². The van der Waals surface area contributed by atoms with Crippen LogP contribution in [0.25, 0.3) is 0 Å². The lowest BCUT2D eigenvalue weighted by Gasteiger charge is -2.43. The number of H-pyrrole nitrogens is 1. The van der Waals surface area contributed by atoms with Crippen LogP contribution in [0.5, 0.6) is 0 Å². The molecule has 130 valence electrons. The summed E-state index contributed by atoms with van der Waals surface area (Å²) in [6.07, 6.45) is 2.84. The zero-order valence-electron chi connectivity index (χ0n) is 13.9. The van der Waals surface area contributed by atoms with Gasteiger partial charge in [0.2, 0.25) is 0 Å². The maximum absolute atomic E-state index is 12.2. The standard InChI is InChI=1S/C15H26N4O4/c1-15(2,3)23-14(22)18-4-5-19(11(7-18)8-20)13(9-21)12-6-16-10-17-12/h6,10-11,13,20-21H,4-5,7-9H2,1-3H3,(H,16,17). The molecule has 1 aromatic rings. The molecule has 0 aromatic carbocycles. The number of aromatic amines is 1. The largest absolute Gasteiger partial charge is 0.444 e. The number of nitrogens with zero attached hydrogens (tertiary/aromatic N) is 3. The van der Waals surface area contributed by atoms with Crippen molar-refractivity contribution >= 4 is 6.09 Å². The van der Waals surface area contributed by atoms with Gasteiger partial charge in [-0.05, 0) is 20.8 Å². The van der Waals surface area contributed by atoms with Gasteiger partial charge in [-0.15, -0.1) is 0 Å². The number of amides is 1. The van der Waals surface area contributed by atoms with Gasteiger partial charge in [-0.1, -0.05) is 0 Å². The van der Waals surface area contributed by atoms with E-state index in [9.17, 15) is 15.0 Å². The van der Waals surface area contributed by atoms with E-state index in [-0.39, 0.29) is 31.4 Å². The Morgan fingerprint density at radius 3 is 2.74 bits per heavy atom. The molecule has 2 heterocycles. The third-order valence-electron chi connectivity index (χ3n) is 3.84. The molecular weight excluding hydrogens is 300 g/mol. The lowest BCUT2D eigenvalue weighted by molar-refractivity contribution is -0.0244. The predicted octanol–water partition coefficient (Wildman–Crippen LogP) is 0.357. The smallest absolute Gasteiger partial charge is 0.410 e. The molecule has 23 heavy (non-hydrogen) atoms. The van der Waals surface area contributed by atoms with Gasteiger partial charge in [0.15, 0.2) is 0 Å². The van der Waals surface area contributed by atoms with Gasteiger partial charge in [-0.2, -0.15) is 0 Å². The number of rotatable bonds is 4. The fourth-order valence-corrected chi connectivity index (χ4v) is 2.77. The number of nitrogens with one attached hydrogen (secondary N) is 1. The molecule has 2 atom stereocenters. The van der Waals surface area contributed by atoms with Crippen molar-refractivity contribution in [3.63, 3.8) is 0 Å². The first-order valence-electron chi connectivity index (χ1n) is 7.79. The topological polar surface area (TPSA) is 102 Å². The zero-order valence-corrected chi connectivity index (χ0v) is 13.9. The third kappa shape index (κ3) is 4.43. The Hall–Kier alpha value is -1.64. The summed E-state index contributed by atoms with van der Waals surface area (Å²) in [6, 6.07) is -0.549. The van der Waals surface area contributed by atoms with Crippen LogP contribution in [0.4, 0.5) is 4.79 Å². The van der Waals surface area contributed by atoms with Crippen molar-refractivity contribution in [3.8, 4) is 0 Å². The third-order valence-corrected chi connectivity index (χ3v) is 3.84. The van der Waals surface area contributed by atoms with Gasteiger partial charge in [0.25, 0.3) is 0 Å². The number of hydrogen-bond acceptors (Lipinski definition) is 6. The molecule has 1 aliphatic heterocycles. The minimum Gasteiger partial charge on any atom is -0.444 e. The number of ether oxygens (including phenoxy) is 1. The van der Waals surface area contributed by atoms with E-state index >= 15 is 0 Å². The van der Waals surface area contributed by atoms with Crippen molar-refractivity contribution in [2.45, 2.75) is 38.5 Å². The number of aromatic nitrogens is 2.